The highest BCUT2D eigenvalue weighted by molar-refractivity contribution is 6.44. The number of carbonyl (C=O) groups excluding carboxylic acids is 2. The molecule has 0 saturated carbocycles. The number of hydrogen-bond donors (Lipinski definition) is 2. The van der Waals surface area contributed by atoms with E-state index in [1.165, 1.54) is 0 Å². The minimum Gasteiger partial charge on any atom is -0.368 e. The highest BCUT2D eigenvalue weighted by Crippen LogP contribution is 2.29. The largest absolute Gasteiger partial charge is 0.368 e. The van der Waals surface area contributed by atoms with Crippen LogP contribution < -0.4 is 15.5 Å². The van der Waals surface area contributed by atoms with Crippen LogP contribution in [0.15, 0.2) is 42.5 Å². The zero-order valence-corrected chi connectivity index (χ0v) is 19.2. The number of piperazine rings is 1. The van der Waals surface area contributed by atoms with E-state index in [0.29, 0.717) is 27.8 Å². The van der Waals surface area contributed by atoms with Crippen LogP contribution in [0, 0.1) is 0 Å². The Kier molecular flexibility index (Phi) is 8.43. The number of urea groups is 1. The molecule has 31 heavy (non-hydrogen) atoms. The predicted octanol–water partition coefficient (Wildman–Crippen LogP) is 5.87. The molecule has 2 aromatic carbocycles. The van der Waals surface area contributed by atoms with Gasteiger partial charge in [0, 0.05) is 44.0 Å². The van der Waals surface area contributed by atoms with Gasteiger partial charge in [0.15, 0.2) is 0 Å². The molecule has 0 aromatic heterocycles. The topological polar surface area (TPSA) is 64.7 Å². The Balaban J connectivity index is 1.48. The third-order valence-corrected chi connectivity index (χ3v) is 6.14. The molecule has 2 N–H and O–H groups in total. The fraction of sp³-hybridized carbons (Fsp3) is 0.391. The van der Waals surface area contributed by atoms with Crippen LogP contribution in [0.4, 0.5) is 21.9 Å². The molecule has 0 bridgehead atoms. The van der Waals surface area contributed by atoms with Crippen LogP contribution in [-0.2, 0) is 4.79 Å². The Morgan fingerprint density at radius 3 is 2.32 bits per heavy atom. The quantitative estimate of drug-likeness (QED) is 0.505. The van der Waals surface area contributed by atoms with Crippen molar-refractivity contribution in [3.63, 3.8) is 0 Å². The number of halogens is 2. The third kappa shape index (κ3) is 6.52. The summed E-state index contributed by atoms with van der Waals surface area (Å²) in [6.07, 6.45) is 3.86. The van der Waals surface area contributed by atoms with Crippen LogP contribution in [0.5, 0.6) is 0 Å². The van der Waals surface area contributed by atoms with E-state index in [-0.39, 0.29) is 5.91 Å². The van der Waals surface area contributed by atoms with Gasteiger partial charge in [0.2, 0.25) is 5.91 Å². The van der Waals surface area contributed by atoms with Gasteiger partial charge in [0.1, 0.15) is 0 Å². The molecule has 0 unspecified atom stereocenters. The zero-order valence-electron chi connectivity index (χ0n) is 17.7. The lowest BCUT2D eigenvalue weighted by Crippen LogP contribution is -2.48. The Morgan fingerprint density at radius 2 is 1.65 bits per heavy atom. The number of nitrogens with one attached hydrogen (secondary N) is 2. The summed E-state index contributed by atoms with van der Waals surface area (Å²) in [5, 5.41) is 6.17. The number of amides is 3. The Labute approximate surface area is 193 Å². The van der Waals surface area contributed by atoms with Crippen LogP contribution >= 0.6 is 23.2 Å². The van der Waals surface area contributed by atoms with Crippen molar-refractivity contribution in [1.82, 2.24) is 4.90 Å². The van der Waals surface area contributed by atoms with Gasteiger partial charge < -0.3 is 20.4 Å². The first-order valence-electron chi connectivity index (χ1n) is 10.6. The average Bonchev–Trinajstić information content (AvgIpc) is 2.78. The molecule has 3 rings (SSSR count). The van der Waals surface area contributed by atoms with E-state index in [0.717, 1.165) is 51.1 Å². The second-order valence-corrected chi connectivity index (χ2v) is 8.34. The van der Waals surface area contributed by atoms with E-state index < -0.39 is 6.03 Å². The first kappa shape index (κ1) is 23.2. The van der Waals surface area contributed by atoms with E-state index in [1.807, 2.05) is 29.2 Å². The van der Waals surface area contributed by atoms with Gasteiger partial charge >= 0.3 is 6.03 Å². The molecule has 2 aromatic rings. The molecule has 0 radical (unpaired) electrons. The number of unbranched alkanes of at least 4 members (excludes halogenated alkanes) is 2. The molecule has 1 fully saturated rings. The molecule has 0 atom stereocenters. The summed E-state index contributed by atoms with van der Waals surface area (Å²) in [5.41, 5.74) is 2.19. The summed E-state index contributed by atoms with van der Waals surface area (Å²) in [5.74, 6) is 0.262. The number of hydrogen-bond acceptors (Lipinski definition) is 3. The van der Waals surface area contributed by atoms with Gasteiger partial charge in [-0.2, -0.15) is 0 Å². The standard InChI is InChI=1S/C23H28Cl2N4O2/c1-2-3-4-8-21(30)29-15-13-28(14-16-29)18-11-9-17(10-12-18)26-23(31)27-20-7-5-6-19(24)22(20)25/h5-7,9-12H,2-4,8,13-16H2,1H3,(H2,26,27,31). The van der Waals surface area contributed by atoms with E-state index in [9.17, 15) is 9.59 Å². The lowest BCUT2D eigenvalue weighted by Gasteiger charge is -2.36. The van der Waals surface area contributed by atoms with Gasteiger partial charge in [-0.25, -0.2) is 4.79 Å². The molecular formula is C23H28Cl2N4O2. The highest BCUT2D eigenvalue weighted by atomic mass is 35.5. The Bertz CT molecular complexity index is 897. The van der Waals surface area contributed by atoms with Gasteiger partial charge in [0.05, 0.1) is 15.7 Å². The van der Waals surface area contributed by atoms with Crippen molar-refractivity contribution in [1.29, 1.82) is 0 Å². The summed E-state index contributed by atoms with van der Waals surface area (Å²) in [6.45, 7) is 5.24. The molecule has 166 valence electrons. The van der Waals surface area contributed by atoms with Crippen LogP contribution in [0.25, 0.3) is 0 Å². The fourth-order valence-corrected chi connectivity index (χ4v) is 3.89. The van der Waals surface area contributed by atoms with Gasteiger partial charge in [-0.1, -0.05) is 49.0 Å². The molecule has 1 heterocycles. The highest BCUT2D eigenvalue weighted by Gasteiger charge is 2.21. The lowest BCUT2D eigenvalue weighted by molar-refractivity contribution is -0.131. The average molecular weight is 463 g/mol. The number of benzene rings is 2. The van der Waals surface area contributed by atoms with Crippen LogP contribution in [0.1, 0.15) is 32.6 Å². The van der Waals surface area contributed by atoms with Crippen molar-refractivity contribution < 1.29 is 9.59 Å². The fourth-order valence-electron chi connectivity index (χ4n) is 3.54. The van der Waals surface area contributed by atoms with Gasteiger partial charge in [-0.3, -0.25) is 4.79 Å². The minimum absolute atomic E-state index is 0.262. The number of nitrogens with zero attached hydrogens (tertiary/aromatic N) is 2. The summed E-state index contributed by atoms with van der Waals surface area (Å²) in [7, 11) is 0. The molecule has 0 spiro atoms. The molecule has 3 amide bonds. The molecule has 1 aliphatic heterocycles. The molecular weight excluding hydrogens is 435 g/mol. The van der Waals surface area contributed by atoms with Crippen molar-refractivity contribution >= 4 is 52.2 Å². The number of rotatable bonds is 7. The SMILES string of the molecule is CCCCCC(=O)N1CCN(c2ccc(NC(=O)Nc3cccc(Cl)c3Cl)cc2)CC1. The summed E-state index contributed by atoms with van der Waals surface area (Å²) in [4.78, 5) is 28.8. The summed E-state index contributed by atoms with van der Waals surface area (Å²) in [6, 6.07) is 12.3. The summed E-state index contributed by atoms with van der Waals surface area (Å²) >= 11 is 12.1. The smallest absolute Gasteiger partial charge is 0.323 e. The molecule has 1 aliphatic rings. The maximum atomic E-state index is 12.3. The van der Waals surface area contributed by atoms with Crippen molar-refractivity contribution in [3.8, 4) is 0 Å². The molecule has 0 aliphatic carbocycles. The van der Waals surface area contributed by atoms with Gasteiger partial charge in [0.25, 0.3) is 0 Å². The molecule has 1 saturated heterocycles. The van der Waals surface area contributed by atoms with Crippen LogP contribution in [-0.4, -0.2) is 43.0 Å². The van der Waals surface area contributed by atoms with E-state index in [2.05, 4.69) is 22.5 Å². The van der Waals surface area contributed by atoms with Gasteiger partial charge in [-0.05, 0) is 42.8 Å². The normalized spacial score (nSPS) is 13.8. The van der Waals surface area contributed by atoms with E-state index >= 15 is 0 Å². The Hall–Kier alpha value is -2.44. The van der Waals surface area contributed by atoms with Gasteiger partial charge in [-0.15, -0.1) is 0 Å². The van der Waals surface area contributed by atoms with Crippen LogP contribution in [0.2, 0.25) is 10.0 Å². The summed E-state index contributed by atoms with van der Waals surface area (Å²) < 4.78 is 0. The third-order valence-electron chi connectivity index (χ3n) is 5.32. The number of anilines is 3. The minimum atomic E-state index is -0.396. The number of carbonyl (C=O) groups is 2. The van der Waals surface area contributed by atoms with Crippen molar-refractivity contribution in [3.05, 3.63) is 52.5 Å². The van der Waals surface area contributed by atoms with Crippen molar-refractivity contribution in [2.75, 3.05) is 41.7 Å². The maximum absolute atomic E-state index is 12.3. The Morgan fingerprint density at radius 1 is 0.935 bits per heavy atom. The molecule has 6 nitrogen and oxygen atoms in total. The maximum Gasteiger partial charge on any atom is 0.323 e. The van der Waals surface area contributed by atoms with E-state index in [1.54, 1.807) is 18.2 Å². The van der Waals surface area contributed by atoms with Crippen molar-refractivity contribution in [2.24, 2.45) is 0 Å². The predicted molar refractivity (Wildman–Crippen MR) is 128 cm³/mol. The first-order chi connectivity index (χ1) is 15.0. The lowest BCUT2D eigenvalue weighted by atomic mass is 10.1. The monoisotopic (exact) mass is 462 g/mol. The van der Waals surface area contributed by atoms with Crippen LogP contribution in [0.3, 0.4) is 0 Å². The van der Waals surface area contributed by atoms with E-state index in [4.69, 9.17) is 23.2 Å². The molecule has 8 heteroatoms. The zero-order chi connectivity index (χ0) is 22.2. The second-order valence-electron chi connectivity index (χ2n) is 7.55. The van der Waals surface area contributed by atoms with Crippen molar-refractivity contribution in [2.45, 2.75) is 32.6 Å². The second kappa shape index (κ2) is 11.3. The first-order valence-corrected chi connectivity index (χ1v) is 11.4.